The fourth-order valence-corrected chi connectivity index (χ4v) is 2.19. The summed E-state index contributed by atoms with van der Waals surface area (Å²) in [6, 6.07) is 13.1. The van der Waals surface area contributed by atoms with Crippen LogP contribution in [-0.4, -0.2) is 23.0 Å². The van der Waals surface area contributed by atoms with E-state index in [1.165, 1.54) is 6.92 Å². The number of carbonyl (C=O) groups excluding carboxylic acids is 1. The number of nitrogens with one attached hydrogen (secondary N) is 3. The van der Waals surface area contributed by atoms with Gasteiger partial charge in [0, 0.05) is 24.4 Å². The van der Waals surface area contributed by atoms with Crippen LogP contribution in [0.25, 0.3) is 11.0 Å². The van der Waals surface area contributed by atoms with Gasteiger partial charge in [-0.25, -0.2) is 4.98 Å². The molecule has 112 valence electrons. The molecular weight excluding hydrogens is 280 g/mol. The molecule has 0 aliphatic carbocycles. The summed E-state index contributed by atoms with van der Waals surface area (Å²) < 4.78 is 5.19. The highest BCUT2D eigenvalue weighted by molar-refractivity contribution is 5.89. The molecular formula is C16H16N4O2. The normalized spacial score (nSPS) is 10.5. The summed E-state index contributed by atoms with van der Waals surface area (Å²) in [6.07, 6.45) is 0. The zero-order valence-electron chi connectivity index (χ0n) is 12.3. The third kappa shape index (κ3) is 3.01. The fourth-order valence-electron chi connectivity index (χ4n) is 2.19. The Balaban J connectivity index is 1.85. The number of aromatic amines is 1. The summed E-state index contributed by atoms with van der Waals surface area (Å²) >= 11 is 0. The van der Waals surface area contributed by atoms with E-state index in [4.69, 9.17) is 4.74 Å². The highest BCUT2D eigenvalue weighted by Gasteiger charge is 2.05. The van der Waals surface area contributed by atoms with Crippen molar-refractivity contribution in [1.82, 2.24) is 9.97 Å². The lowest BCUT2D eigenvalue weighted by molar-refractivity contribution is -0.114. The van der Waals surface area contributed by atoms with Crippen molar-refractivity contribution in [2.45, 2.75) is 6.92 Å². The van der Waals surface area contributed by atoms with Crippen molar-refractivity contribution < 1.29 is 9.53 Å². The Morgan fingerprint density at radius 1 is 1.18 bits per heavy atom. The van der Waals surface area contributed by atoms with E-state index in [1.54, 1.807) is 7.11 Å². The molecule has 3 N–H and O–H groups in total. The molecule has 6 nitrogen and oxygen atoms in total. The van der Waals surface area contributed by atoms with Gasteiger partial charge < -0.3 is 20.4 Å². The van der Waals surface area contributed by atoms with Crippen LogP contribution in [0.1, 0.15) is 6.92 Å². The number of amides is 1. The molecule has 0 aliphatic heterocycles. The average Bonchev–Trinajstić information content (AvgIpc) is 2.87. The third-order valence-electron chi connectivity index (χ3n) is 3.13. The van der Waals surface area contributed by atoms with Crippen LogP contribution in [0.5, 0.6) is 5.75 Å². The van der Waals surface area contributed by atoms with Crippen LogP contribution in [0.4, 0.5) is 17.3 Å². The monoisotopic (exact) mass is 296 g/mol. The lowest BCUT2D eigenvalue weighted by Crippen LogP contribution is -2.05. The molecule has 1 heterocycles. The molecule has 0 unspecified atom stereocenters. The van der Waals surface area contributed by atoms with Crippen molar-refractivity contribution in [3.63, 3.8) is 0 Å². The van der Waals surface area contributed by atoms with Gasteiger partial charge in [-0.2, -0.15) is 0 Å². The van der Waals surface area contributed by atoms with Crippen LogP contribution in [0, 0.1) is 0 Å². The second-order valence-electron chi connectivity index (χ2n) is 4.86. The van der Waals surface area contributed by atoms with Gasteiger partial charge in [-0.1, -0.05) is 6.07 Å². The van der Waals surface area contributed by atoms with Crippen LogP contribution < -0.4 is 15.4 Å². The van der Waals surface area contributed by atoms with Crippen LogP contribution >= 0.6 is 0 Å². The van der Waals surface area contributed by atoms with Gasteiger partial charge in [-0.15, -0.1) is 0 Å². The fraction of sp³-hybridized carbons (Fsp3) is 0.125. The Kier molecular flexibility index (Phi) is 3.65. The predicted octanol–water partition coefficient (Wildman–Crippen LogP) is 3.27. The highest BCUT2D eigenvalue weighted by Crippen LogP contribution is 2.23. The zero-order valence-corrected chi connectivity index (χ0v) is 12.3. The van der Waals surface area contributed by atoms with E-state index in [2.05, 4.69) is 20.6 Å². The number of imidazole rings is 1. The smallest absolute Gasteiger partial charge is 0.221 e. The van der Waals surface area contributed by atoms with Gasteiger partial charge >= 0.3 is 0 Å². The molecule has 2 aromatic carbocycles. The predicted molar refractivity (Wildman–Crippen MR) is 86.7 cm³/mol. The van der Waals surface area contributed by atoms with E-state index < -0.39 is 0 Å². The number of H-pyrrole nitrogens is 1. The van der Waals surface area contributed by atoms with E-state index in [1.807, 2.05) is 42.5 Å². The van der Waals surface area contributed by atoms with Crippen molar-refractivity contribution in [1.29, 1.82) is 0 Å². The topological polar surface area (TPSA) is 79.0 Å². The maximum absolute atomic E-state index is 11.1. The SMILES string of the molecule is COc1ccc2nc(Nc3cccc(NC(C)=O)c3)[nH]c2c1. The number of aromatic nitrogens is 2. The molecule has 0 atom stereocenters. The van der Waals surface area contributed by atoms with E-state index in [0.29, 0.717) is 5.95 Å². The van der Waals surface area contributed by atoms with Gasteiger partial charge in [-0.05, 0) is 30.3 Å². The number of ether oxygens (including phenoxy) is 1. The molecule has 1 amide bonds. The molecule has 0 aliphatic rings. The zero-order chi connectivity index (χ0) is 15.5. The molecule has 0 radical (unpaired) electrons. The van der Waals surface area contributed by atoms with Crippen LogP contribution in [0.3, 0.4) is 0 Å². The lowest BCUT2D eigenvalue weighted by atomic mass is 10.3. The summed E-state index contributed by atoms with van der Waals surface area (Å²) in [5.41, 5.74) is 3.30. The number of fused-ring (bicyclic) bond motifs is 1. The lowest BCUT2D eigenvalue weighted by Gasteiger charge is -2.06. The van der Waals surface area contributed by atoms with Crippen molar-refractivity contribution in [2.24, 2.45) is 0 Å². The van der Waals surface area contributed by atoms with Gasteiger partial charge in [0.1, 0.15) is 5.75 Å². The van der Waals surface area contributed by atoms with Gasteiger partial charge in [0.2, 0.25) is 11.9 Å². The molecule has 3 rings (SSSR count). The summed E-state index contributed by atoms with van der Waals surface area (Å²) in [7, 11) is 1.63. The van der Waals surface area contributed by atoms with Crippen LogP contribution in [0.2, 0.25) is 0 Å². The number of hydrogen-bond acceptors (Lipinski definition) is 4. The van der Waals surface area contributed by atoms with E-state index >= 15 is 0 Å². The molecule has 0 saturated carbocycles. The van der Waals surface area contributed by atoms with Crippen molar-refractivity contribution in [3.8, 4) is 5.75 Å². The maximum Gasteiger partial charge on any atom is 0.221 e. The summed E-state index contributed by atoms with van der Waals surface area (Å²) in [4.78, 5) is 18.8. The molecule has 0 fully saturated rings. The Morgan fingerprint density at radius 2 is 2.00 bits per heavy atom. The number of nitrogens with zero attached hydrogens (tertiary/aromatic N) is 1. The Labute approximate surface area is 127 Å². The summed E-state index contributed by atoms with van der Waals surface area (Å²) in [6.45, 7) is 1.48. The second-order valence-corrected chi connectivity index (χ2v) is 4.86. The minimum absolute atomic E-state index is 0.104. The van der Waals surface area contributed by atoms with Crippen molar-refractivity contribution in [2.75, 3.05) is 17.7 Å². The quantitative estimate of drug-likeness (QED) is 0.690. The van der Waals surface area contributed by atoms with Gasteiger partial charge in [-0.3, -0.25) is 4.79 Å². The highest BCUT2D eigenvalue weighted by atomic mass is 16.5. The number of anilines is 3. The van der Waals surface area contributed by atoms with E-state index in [0.717, 1.165) is 28.2 Å². The van der Waals surface area contributed by atoms with Crippen LogP contribution in [0.15, 0.2) is 42.5 Å². The molecule has 6 heteroatoms. The number of methoxy groups -OCH3 is 1. The standard InChI is InChI=1S/C16H16N4O2/c1-10(21)17-11-4-3-5-12(8-11)18-16-19-14-7-6-13(22-2)9-15(14)20-16/h3-9H,1-2H3,(H,17,21)(H2,18,19,20). The molecule has 1 aromatic heterocycles. The van der Waals surface area contributed by atoms with Gasteiger partial charge in [0.25, 0.3) is 0 Å². The number of hydrogen-bond donors (Lipinski definition) is 3. The molecule has 0 saturated heterocycles. The first kappa shape index (κ1) is 13.9. The minimum atomic E-state index is -0.104. The number of benzene rings is 2. The van der Waals surface area contributed by atoms with E-state index in [9.17, 15) is 4.79 Å². The summed E-state index contributed by atoms with van der Waals surface area (Å²) in [5, 5.41) is 5.93. The maximum atomic E-state index is 11.1. The number of carbonyl (C=O) groups is 1. The first-order valence-corrected chi connectivity index (χ1v) is 6.82. The first-order chi connectivity index (χ1) is 10.6. The largest absolute Gasteiger partial charge is 0.497 e. The second kappa shape index (κ2) is 5.77. The molecule has 0 bridgehead atoms. The van der Waals surface area contributed by atoms with Crippen LogP contribution in [-0.2, 0) is 4.79 Å². The number of rotatable bonds is 4. The third-order valence-corrected chi connectivity index (χ3v) is 3.13. The van der Waals surface area contributed by atoms with E-state index in [-0.39, 0.29) is 5.91 Å². The Hall–Kier alpha value is -3.02. The molecule has 0 spiro atoms. The minimum Gasteiger partial charge on any atom is -0.497 e. The van der Waals surface area contributed by atoms with Crippen molar-refractivity contribution in [3.05, 3.63) is 42.5 Å². The average molecular weight is 296 g/mol. The Bertz CT molecular complexity index is 826. The molecule has 22 heavy (non-hydrogen) atoms. The Morgan fingerprint density at radius 3 is 2.77 bits per heavy atom. The first-order valence-electron chi connectivity index (χ1n) is 6.82. The summed E-state index contributed by atoms with van der Waals surface area (Å²) in [5.74, 6) is 1.30. The van der Waals surface area contributed by atoms with Crippen molar-refractivity contribution >= 4 is 34.3 Å². The van der Waals surface area contributed by atoms with Gasteiger partial charge in [0.15, 0.2) is 0 Å². The van der Waals surface area contributed by atoms with Gasteiger partial charge in [0.05, 0.1) is 18.1 Å². The molecule has 3 aromatic rings.